The van der Waals surface area contributed by atoms with Gasteiger partial charge < -0.3 is 5.73 Å². The van der Waals surface area contributed by atoms with Gasteiger partial charge in [-0.2, -0.15) is 0 Å². The zero-order valence-electron chi connectivity index (χ0n) is 10.4. The molecule has 0 saturated carbocycles. The first-order valence-corrected chi connectivity index (χ1v) is 6.85. The van der Waals surface area contributed by atoms with Crippen LogP contribution in [-0.2, 0) is 0 Å². The van der Waals surface area contributed by atoms with Gasteiger partial charge in [0.2, 0.25) is 0 Å². The second kappa shape index (κ2) is 5.36. The number of benzene rings is 2. The van der Waals surface area contributed by atoms with Crippen LogP contribution < -0.4 is 5.73 Å². The van der Waals surface area contributed by atoms with Crippen molar-refractivity contribution in [3.05, 3.63) is 68.0 Å². The maximum absolute atomic E-state index is 13.3. The highest BCUT2D eigenvalue weighted by atomic mass is 127. The van der Waals surface area contributed by atoms with Crippen LogP contribution in [0, 0.1) is 23.2 Å². The second-order valence-corrected chi connectivity index (χ2v) is 5.54. The van der Waals surface area contributed by atoms with E-state index in [4.69, 9.17) is 5.73 Å². The van der Waals surface area contributed by atoms with Gasteiger partial charge in [-0.1, -0.05) is 24.3 Å². The summed E-state index contributed by atoms with van der Waals surface area (Å²) >= 11 is 2.29. The van der Waals surface area contributed by atoms with E-state index in [2.05, 4.69) is 35.6 Å². The zero-order valence-corrected chi connectivity index (χ0v) is 12.5. The minimum absolute atomic E-state index is 0.242. The third-order valence-corrected chi connectivity index (χ3v) is 4.61. The largest absolute Gasteiger partial charge is 0.320 e. The highest BCUT2D eigenvalue weighted by molar-refractivity contribution is 14.1. The van der Waals surface area contributed by atoms with Crippen LogP contribution in [0.2, 0.25) is 0 Å². The molecule has 2 aromatic carbocycles. The predicted molar refractivity (Wildman–Crippen MR) is 81.1 cm³/mol. The van der Waals surface area contributed by atoms with Gasteiger partial charge >= 0.3 is 0 Å². The molecule has 0 saturated heterocycles. The van der Waals surface area contributed by atoms with Gasteiger partial charge in [-0.3, -0.25) is 0 Å². The van der Waals surface area contributed by atoms with Gasteiger partial charge in [-0.25, -0.2) is 4.39 Å². The molecule has 0 aliphatic heterocycles. The summed E-state index contributed by atoms with van der Waals surface area (Å²) < 4.78 is 14.5. The lowest BCUT2D eigenvalue weighted by Crippen LogP contribution is -2.15. The standard InChI is InChI=1S/C15H15FIN/c1-9-6-7-11(16)8-13(9)15(18)12-5-3-4-10(2)14(12)17/h3-8,15H,18H2,1-2H3. The highest BCUT2D eigenvalue weighted by Gasteiger charge is 2.15. The van der Waals surface area contributed by atoms with Gasteiger partial charge in [-0.15, -0.1) is 0 Å². The molecule has 1 nitrogen and oxygen atoms in total. The summed E-state index contributed by atoms with van der Waals surface area (Å²) in [5, 5.41) is 0. The van der Waals surface area contributed by atoms with E-state index in [0.717, 1.165) is 20.3 Å². The molecule has 2 N–H and O–H groups in total. The SMILES string of the molecule is Cc1ccc(F)cc1C(N)c1cccc(C)c1I. The summed E-state index contributed by atoms with van der Waals surface area (Å²) in [5.41, 5.74) is 10.4. The molecule has 2 rings (SSSR count). The third-order valence-electron chi connectivity index (χ3n) is 3.13. The average molecular weight is 355 g/mol. The lowest BCUT2D eigenvalue weighted by molar-refractivity contribution is 0.622. The number of hydrogen-bond acceptors (Lipinski definition) is 1. The Bertz CT molecular complexity index is 579. The minimum atomic E-state index is -0.285. The van der Waals surface area contributed by atoms with E-state index in [-0.39, 0.29) is 11.9 Å². The molecule has 3 heteroatoms. The summed E-state index contributed by atoms with van der Waals surface area (Å²) in [6.45, 7) is 4.01. The lowest BCUT2D eigenvalue weighted by Gasteiger charge is -2.18. The fourth-order valence-corrected chi connectivity index (χ4v) is 2.72. The molecular weight excluding hydrogens is 340 g/mol. The quantitative estimate of drug-likeness (QED) is 0.807. The molecule has 0 aliphatic rings. The van der Waals surface area contributed by atoms with Crippen LogP contribution in [0.1, 0.15) is 28.3 Å². The third kappa shape index (κ3) is 2.57. The van der Waals surface area contributed by atoms with Crippen LogP contribution in [0.15, 0.2) is 36.4 Å². The Balaban J connectivity index is 2.51. The van der Waals surface area contributed by atoms with E-state index in [1.165, 1.54) is 17.7 Å². The molecular formula is C15H15FIN. The number of nitrogens with two attached hydrogens (primary N) is 1. The van der Waals surface area contributed by atoms with E-state index in [1.54, 1.807) is 6.07 Å². The van der Waals surface area contributed by atoms with Crippen molar-refractivity contribution in [1.82, 2.24) is 0 Å². The average Bonchev–Trinajstić information content (AvgIpc) is 2.35. The first kappa shape index (κ1) is 13.5. The lowest BCUT2D eigenvalue weighted by atomic mass is 9.95. The number of aryl methyl sites for hydroxylation is 2. The highest BCUT2D eigenvalue weighted by Crippen LogP contribution is 2.28. The van der Waals surface area contributed by atoms with Crippen molar-refractivity contribution < 1.29 is 4.39 Å². The number of hydrogen-bond donors (Lipinski definition) is 1. The van der Waals surface area contributed by atoms with Crippen molar-refractivity contribution >= 4 is 22.6 Å². The monoisotopic (exact) mass is 355 g/mol. The van der Waals surface area contributed by atoms with Crippen molar-refractivity contribution in [3.8, 4) is 0 Å². The van der Waals surface area contributed by atoms with Crippen LogP contribution >= 0.6 is 22.6 Å². The van der Waals surface area contributed by atoms with Crippen molar-refractivity contribution in [2.75, 3.05) is 0 Å². The van der Waals surface area contributed by atoms with Gasteiger partial charge in [0, 0.05) is 3.57 Å². The Morgan fingerprint density at radius 2 is 1.78 bits per heavy atom. The summed E-state index contributed by atoms with van der Waals surface area (Å²) in [6.07, 6.45) is 0. The van der Waals surface area contributed by atoms with Gasteiger partial charge in [-0.05, 0) is 70.8 Å². The van der Waals surface area contributed by atoms with E-state index >= 15 is 0 Å². The van der Waals surface area contributed by atoms with Gasteiger partial charge in [0.1, 0.15) is 5.82 Å². The van der Waals surface area contributed by atoms with Crippen molar-refractivity contribution in [2.24, 2.45) is 5.73 Å². The number of rotatable bonds is 2. The van der Waals surface area contributed by atoms with E-state index in [1.807, 2.05) is 19.1 Å². The van der Waals surface area contributed by atoms with Gasteiger partial charge in [0.05, 0.1) is 6.04 Å². The fourth-order valence-electron chi connectivity index (χ4n) is 2.02. The van der Waals surface area contributed by atoms with Crippen molar-refractivity contribution in [3.63, 3.8) is 0 Å². The second-order valence-electron chi connectivity index (χ2n) is 4.46. The molecule has 0 heterocycles. The predicted octanol–water partition coefficient (Wildman–Crippen LogP) is 4.10. The van der Waals surface area contributed by atoms with Crippen LogP contribution in [0.4, 0.5) is 4.39 Å². The molecule has 18 heavy (non-hydrogen) atoms. The molecule has 0 bridgehead atoms. The molecule has 0 radical (unpaired) electrons. The molecule has 0 aromatic heterocycles. The summed E-state index contributed by atoms with van der Waals surface area (Å²) in [7, 11) is 0. The first-order valence-electron chi connectivity index (χ1n) is 5.77. The van der Waals surface area contributed by atoms with Crippen LogP contribution in [0.25, 0.3) is 0 Å². The maximum atomic E-state index is 13.3. The summed E-state index contributed by atoms with van der Waals surface area (Å²) in [5.74, 6) is -0.242. The summed E-state index contributed by atoms with van der Waals surface area (Å²) in [6, 6.07) is 10.5. The Kier molecular flexibility index (Phi) is 4.02. The van der Waals surface area contributed by atoms with Crippen molar-refractivity contribution in [2.45, 2.75) is 19.9 Å². The molecule has 94 valence electrons. The van der Waals surface area contributed by atoms with Crippen LogP contribution in [-0.4, -0.2) is 0 Å². The molecule has 1 unspecified atom stereocenters. The minimum Gasteiger partial charge on any atom is -0.320 e. The molecule has 0 fully saturated rings. The van der Waals surface area contributed by atoms with E-state index in [0.29, 0.717) is 0 Å². The molecule has 0 aliphatic carbocycles. The van der Waals surface area contributed by atoms with Crippen molar-refractivity contribution in [1.29, 1.82) is 0 Å². The molecule has 1 atom stereocenters. The Morgan fingerprint density at radius 3 is 2.50 bits per heavy atom. The Hall–Kier alpha value is -0.940. The smallest absolute Gasteiger partial charge is 0.123 e. The van der Waals surface area contributed by atoms with Crippen LogP contribution in [0.5, 0.6) is 0 Å². The fraction of sp³-hybridized carbons (Fsp3) is 0.200. The normalized spacial score (nSPS) is 12.5. The Morgan fingerprint density at radius 1 is 1.06 bits per heavy atom. The van der Waals surface area contributed by atoms with E-state index < -0.39 is 0 Å². The molecule has 0 amide bonds. The van der Waals surface area contributed by atoms with E-state index in [9.17, 15) is 4.39 Å². The summed E-state index contributed by atoms with van der Waals surface area (Å²) in [4.78, 5) is 0. The first-order chi connectivity index (χ1) is 8.50. The Labute approximate surface area is 120 Å². The zero-order chi connectivity index (χ0) is 13.3. The topological polar surface area (TPSA) is 26.0 Å². The van der Waals surface area contributed by atoms with Gasteiger partial charge in [0.15, 0.2) is 0 Å². The van der Waals surface area contributed by atoms with Gasteiger partial charge in [0.25, 0.3) is 0 Å². The number of halogens is 2. The molecule has 2 aromatic rings. The van der Waals surface area contributed by atoms with Crippen LogP contribution in [0.3, 0.4) is 0 Å². The maximum Gasteiger partial charge on any atom is 0.123 e. The molecule has 0 spiro atoms.